The van der Waals surface area contributed by atoms with Crippen LogP contribution in [0.15, 0.2) is 48.5 Å². The van der Waals surface area contributed by atoms with Crippen molar-refractivity contribution in [2.45, 2.75) is 0 Å². The van der Waals surface area contributed by atoms with Crippen molar-refractivity contribution in [1.82, 2.24) is 0 Å². The molecule has 0 aromatic heterocycles. The zero-order valence-electron chi connectivity index (χ0n) is 12.1. The Kier molecular flexibility index (Phi) is 4.61. The lowest BCUT2D eigenvalue weighted by Gasteiger charge is -2.29. The second-order valence-corrected chi connectivity index (χ2v) is 5.49. The summed E-state index contributed by atoms with van der Waals surface area (Å²) >= 11 is 6.06. The monoisotopic (exact) mass is 316 g/mol. The molecule has 3 rings (SSSR count). The molecule has 2 aromatic carbocycles. The van der Waals surface area contributed by atoms with E-state index in [2.05, 4.69) is 10.2 Å². The van der Waals surface area contributed by atoms with E-state index in [-0.39, 0.29) is 5.91 Å². The van der Waals surface area contributed by atoms with Gasteiger partial charge in [-0.3, -0.25) is 4.79 Å². The van der Waals surface area contributed by atoms with Crippen LogP contribution in [0.2, 0.25) is 5.02 Å². The molecule has 0 saturated carbocycles. The van der Waals surface area contributed by atoms with E-state index in [1.54, 1.807) is 24.3 Å². The van der Waals surface area contributed by atoms with Crippen LogP contribution in [0.5, 0.6) is 0 Å². The summed E-state index contributed by atoms with van der Waals surface area (Å²) in [6.07, 6.45) is 0. The lowest BCUT2D eigenvalue weighted by atomic mass is 10.2. The number of ether oxygens (including phenoxy) is 1. The van der Waals surface area contributed by atoms with Crippen LogP contribution < -0.4 is 10.2 Å². The Balaban J connectivity index is 1.75. The lowest BCUT2D eigenvalue weighted by Crippen LogP contribution is -2.36. The second-order valence-electron chi connectivity index (χ2n) is 5.08. The number of hydrogen-bond acceptors (Lipinski definition) is 3. The molecule has 0 aliphatic carbocycles. The van der Waals surface area contributed by atoms with Gasteiger partial charge in [0, 0.05) is 24.5 Å². The molecule has 0 bridgehead atoms. The van der Waals surface area contributed by atoms with Gasteiger partial charge in [-0.1, -0.05) is 29.8 Å². The molecule has 22 heavy (non-hydrogen) atoms. The maximum absolute atomic E-state index is 12.3. The zero-order chi connectivity index (χ0) is 15.4. The normalized spacial score (nSPS) is 14.7. The van der Waals surface area contributed by atoms with Gasteiger partial charge in [0.25, 0.3) is 5.91 Å². The van der Waals surface area contributed by atoms with Gasteiger partial charge in [-0.2, -0.15) is 0 Å². The largest absolute Gasteiger partial charge is 0.378 e. The number of carbonyl (C=O) groups excluding carboxylic acids is 1. The smallest absolute Gasteiger partial charge is 0.257 e. The number of rotatable bonds is 3. The first-order valence-electron chi connectivity index (χ1n) is 7.23. The summed E-state index contributed by atoms with van der Waals surface area (Å²) in [7, 11) is 0. The summed E-state index contributed by atoms with van der Waals surface area (Å²) in [6, 6.07) is 14.8. The molecular formula is C17H17ClN2O2. The fourth-order valence-corrected chi connectivity index (χ4v) is 2.67. The summed E-state index contributed by atoms with van der Waals surface area (Å²) < 4.78 is 5.36. The Morgan fingerprint density at radius 1 is 1.09 bits per heavy atom. The van der Waals surface area contributed by atoms with Crippen LogP contribution in [0.3, 0.4) is 0 Å². The van der Waals surface area contributed by atoms with Crippen LogP contribution >= 0.6 is 11.6 Å². The summed E-state index contributed by atoms with van der Waals surface area (Å²) in [4.78, 5) is 14.5. The number of morpholine rings is 1. The third-order valence-electron chi connectivity index (χ3n) is 3.60. The van der Waals surface area contributed by atoms with Gasteiger partial charge < -0.3 is 15.0 Å². The molecule has 0 radical (unpaired) electrons. The molecule has 0 spiro atoms. The predicted molar refractivity (Wildman–Crippen MR) is 88.9 cm³/mol. The molecule has 1 aliphatic rings. The number of carbonyl (C=O) groups is 1. The number of nitrogens with zero attached hydrogens (tertiary/aromatic N) is 1. The molecule has 0 atom stereocenters. The van der Waals surface area contributed by atoms with Gasteiger partial charge in [-0.15, -0.1) is 0 Å². The molecule has 1 amide bonds. The number of benzene rings is 2. The van der Waals surface area contributed by atoms with E-state index in [1.807, 2.05) is 24.3 Å². The summed E-state index contributed by atoms with van der Waals surface area (Å²) in [5.74, 6) is -0.204. The predicted octanol–water partition coefficient (Wildman–Crippen LogP) is 3.43. The third-order valence-corrected chi connectivity index (χ3v) is 3.93. The van der Waals surface area contributed by atoms with E-state index in [0.29, 0.717) is 10.6 Å². The quantitative estimate of drug-likeness (QED) is 0.943. The lowest BCUT2D eigenvalue weighted by molar-refractivity contribution is 0.102. The van der Waals surface area contributed by atoms with Gasteiger partial charge in [0.1, 0.15) is 0 Å². The van der Waals surface area contributed by atoms with Crippen LogP contribution in [0.25, 0.3) is 0 Å². The standard InChI is InChI=1S/C17H17ClN2O2/c18-16-7-2-1-6-15(16)17(21)19-13-4-3-5-14(12-13)20-8-10-22-11-9-20/h1-7,12H,8-11H2,(H,19,21). The molecule has 1 N–H and O–H groups in total. The number of nitrogens with one attached hydrogen (secondary N) is 1. The van der Waals surface area contributed by atoms with Crippen LogP contribution in [-0.4, -0.2) is 32.2 Å². The maximum atomic E-state index is 12.3. The molecule has 2 aromatic rings. The van der Waals surface area contributed by atoms with Crippen molar-refractivity contribution in [2.24, 2.45) is 0 Å². The van der Waals surface area contributed by atoms with E-state index in [4.69, 9.17) is 16.3 Å². The maximum Gasteiger partial charge on any atom is 0.257 e. The highest BCUT2D eigenvalue weighted by molar-refractivity contribution is 6.34. The molecule has 114 valence electrons. The van der Waals surface area contributed by atoms with Crippen molar-refractivity contribution < 1.29 is 9.53 Å². The summed E-state index contributed by atoms with van der Waals surface area (Å²) in [5, 5.41) is 3.35. The number of hydrogen-bond donors (Lipinski definition) is 1. The number of anilines is 2. The van der Waals surface area contributed by atoms with Gasteiger partial charge in [0.2, 0.25) is 0 Å². The molecule has 1 aliphatic heterocycles. The van der Waals surface area contributed by atoms with Crippen LogP contribution in [0.4, 0.5) is 11.4 Å². The van der Waals surface area contributed by atoms with E-state index in [9.17, 15) is 4.79 Å². The minimum atomic E-state index is -0.204. The number of halogens is 1. The Morgan fingerprint density at radius 3 is 2.64 bits per heavy atom. The molecular weight excluding hydrogens is 300 g/mol. The Labute approximate surface area is 134 Å². The first kappa shape index (κ1) is 14.9. The minimum absolute atomic E-state index is 0.204. The van der Waals surface area contributed by atoms with E-state index >= 15 is 0 Å². The third kappa shape index (κ3) is 3.40. The van der Waals surface area contributed by atoms with Gasteiger partial charge in [0.05, 0.1) is 23.8 Å². The Hall–Kier alpha value is -2.04. The van der Waals surface area contributed by atoms with Crippen LogP contribution in [0, 0.1) is 0 Å². The SMILES string of the molecule is O=C(Nc1cccc(N2CCOCC2)c1)c1ccccc1Cl. The van der Waals surface area contributed by atoms with Gasteiger partial charge in [-0.05, 0) is 30.3 Å². The summed E-state index contributed by atoms with van der Waals surface area (Å²) in [6.45, 7) is 3.19. The average molecular weight is 317 g/mol. The van der Waals surface area contributed by atoms with Crippen molar-refractivity contribution in [1.29, 1.82) is 0 Å². The molecule has 1 fully saturated rings. The second kappa shape index (κ2) is 6.81. The fraction of sp³-hybridized carbons (Fsp3) is 0.235. The average Bonchev–Trinajstić information content (AvgIpc) is 2.56. The molecule has 1 saturated heterocycles. The molecule has 5 heteroatoms. The van der Waals surface area contributed by atoms with Gasteiger partial charge in [-0.25, -0.2) is 0 Å². The number of amides is 1. The minimum Gasteiger partial charge on any atom is -0.378 e. The van der Waals surface area contributed by atoms with Crippen molar-refractivity contribution in [2.75, 3.05) is 36.5 Å². The van der Waals surface area contributed by atoms with Crippen molar-refractivity contribution in [3.05, 3.63) is 59.1 Å². The topological polar surface area (TPSA) is 41.6 Å². The van der Waals surface area contributed by atoms with E-state index in [0.717, 1.165) is 37.7 Å². The fourth-order valence-electron chi connectivity index (χ4n) is 2.45. The van der Waals surface area contributed by atoms with Gasteiger partial charge >= 0.3 is 0 Å². The highest BCUT2D eigenvalue weighted by Crippen LogP contribution is 2.22. The first-order chi connectivity index (χ1) is 10.7. The molecule has 0 unspecified atom stereocenters. The zero-order valence-corrected chi connectivity index (χ0v) is 12.8. The van der Waals surface area contributed by atoms with Crippen molar-refractivity contribution >= 4 is 28.9 Å². The van der Waals surface area contributed by atoms with Crippen molar-refractivity contribution in [3.63, 3.8) is 0 Å². The van der Waals surface area contributed by atoms with E-state index in [1.165, 1.54) is 0 Å². The highest BCUT2D eigenvalue weighted by Gasteiger charge is 2.13. The van der Waals surface area contributed by atoms with Crippen LogP contribution in [-0.2, 0) is 4.74 Å². The van der Waals surface area contributed by atoms with Crippen LogP contribution in [0.1, 0.15) is 10.4 Å². The summed E-state index contributed by atoms with van der Waals surface area (Å²) in [5.41, 5.74) is 2.31. The molecule has 1 heterocycles. The molecule has 4 nitrogen and oxygen atoms in total. The highest BCUT2D eigenvalue weighted by atomic mass is 35.5. The van der Waals surface area contributed by atoms with Gasteiger partial charge in [0.15, 0.2) is 0 Å². The van der Waals surface area contributed by atoms with Crippen molar-refractivity contribution in [3.8, 4) is 0 Å². The first-order valence-corrected chi connectivity index (χ1v) is 7.60. The Morgan fingerprint density at radius 2 is 1.86 bits per heavy atom. The van der Waals surface area contributed by atoms with E-state index < -0.39 is 0 Å². The Bertz CT molecular complexity index is 669.